The average Bonchev–Trinajstić information content (AvgIpc) is 2.16. The molecule has 1 aromatic rings. The lowest BCUT2D eigenvalue weighted by Crippen LogP contribution is -2.15. The van der Waals surface area contributed by atoms with E-state index in [4.69, 9.17) is 5.73 Å². The van der Waals surface area contributed by atoms with Gasteiger partial charge in [0.05, 0.1) is 0 Å². The molecule has 16 heavy (non-hydrogen) atoms. The van der Waals surface area contributed by atoms with Gasteiger partial charge in [0.1, 0.15) is 5.82 Å². The predicted octanol–water partition coefficient (Wildman–Crippen LogP) is 2.50. The summed E-state index contributed by atoms with van der Waals surface area (Å²) < 4.78 is 13.6. The second-order valence-corrected chi connectivity index (χ2v) is 5.23. The first-order valence-electron chi connectivity index (χ1n) is 5.34. The van der Waals surface area contributed by atoms with E-state index < -0.39 is 0 Å². The summed E-state index contributed by atoms with van der Waals surface area (Å²) in [6.07, 6.45) is 0. The number of thioether (sulfide) groups is 1. The Balaban J connectivity index is 2.75. The fourth-order valence-corrected chi connectivity index (χ4v) is 2.71. The number of benzene rings is 1. The second-order valence-electron chi connectivity index (χ2n) is 4.09. The first-order chi connectivity index (χ1) is 7.52. The molecule has 90 valence electrons. The molecule has 0 aliphatic heterocycles. The maximum Gasteiger partial charge on any atom is 0.129 e. The highest BCUT2D eigenvalue weighted by Crippen LogP contribution is 2.28. The van der Waals surface area contributed by atoms with Gasteiger partial charge in [0.2, 0.25) is 0 Å². The van der Waals surface area contributed by atoms with Gasteiger partial charge in [0.25, 0.3) is 0 Å². The summed E-state index contributed by atoms with van der Waals surface area (Å²) in [7, 11) is 4.05. The quantitative estimate of drug-likeness (QED) is 0.804. The van der Waals surface area contributed by atoms with Crippen molar-refractivity contribution in [3.05, 3.63) is 29.6 Å². The average molecular weight is 242 g/mol. The molecule has 0 aliphatic rings. The maximum absolute atomic E-state index is 13.6. The molecule has 2 nitrogen and oxygen atoms in total. The molecule has 1 aromatic carbocycles. The van der Waals surface area contributed by atoms with Crippen molar-refractivity contribution >= 4 is 11.8 Å². The lowest BCUT2D eigenvalue weighted by Gasteiger charge is -2.14. The first kappa shape index (κ1) is 13.5. The van der Waals surface area contributed by atoms with Crippen LogP contribution in [-0.4, -0.2) is 31.3 Å². The van der Waals surface area contributed by atoms with Gasteiger partial charge in [-0.15, -0.1) is 11.8 Å². The van der Waals surface area contributed by atoms with Gasteiger partial charge in [-0.2, -0.15) is 0 Å². The van der Waals surface area contributed by atoms with E-state index >= 15 is 0 Å². The zero-order chi connectivity index (χ0) is 12.1. The molecule has 1 unspecified atom stereocenters. The van der Waals surface area contributed by atoms with Crippen molar-refractivity contribution < 1.29 is 4.39 Å². The molecule has 0 spiro atoms. The zero-order valence-electron chi connectivity index (χ0n) is 10.0. The van der Waals surface area contributed by atoms with E-state index in [9.17, 15) is 4.39 Å². The number of hydrogen-bond acceptors (Lipinski definition) is 3. The van der Waals surface area contributed by atoms with Gasteiger partial charge in [-0.05, 0) is 33.2 Å². The van der Waals surface area contributed by atoms with Crippen molar-refractivity contribution in [1.82, 2.24) is 4.90 Å². The van der Waals surface area contributed by atoms with Gasteiger partial charge in [0.15, 0.2) is 0 Å². The van der Waals surface area contributed by atoms with Gasteiger partial charge in [-0.1, -0.05) is 6.07 Å². The first-order valence-corrected chi connectivity index (χ1v) is 6.32. The Labute approximate surface area is 101 Å². The third kappa shape index (κ3) is 3.77. The molecule has 0 heterocycles. The lowest BCUT2D eigenvalue weighted by molar-refractivity contribution is 0.437. The fourth-order valence-electron chi connectivity index (χ4n) is 1.42. The zero-order valence-corrected chi connectivity index (χ0v) is 10.9. The van der Waals surface area contributed by atoms with E-state index in [0.29, 0.717) is 5.56 Å². The smallest absolute Gasteiger partial charge is 0.129 e. The van der Waals surface area contributed by atoms with Crippen molar-refractivity contribution in [2.75, 3.05) is 26.4 Å². The van der Waals surface area contributed by atoms with Crippen LogP contribution in [0, 0.1) is 5.82 Å². The predicted molar refractivity (Wildman–Crippen MR) is 68.3 cm³/mol. The number of rotatable bonds is 5. The van der Waals surface area contributed by atoms with Gasteiger partial charge >= 0.3 is 0 Å². The van der Waals surface area contributed by atoms with Crippen molar-refractivity contribution in [2.24, 2.45) is 5.73 Å². The Kier molecular flexibility index (Phi) is 5.25. The summed E-state index contributed by atoms with van der Waals surface area (Å²) >= 11 is 1.66. The van der Waals surface area contributed by atoms with Crippen molar-refractivity contribution in [2.45, 2.75) is 17.9 Å². The third-order valence-electron chi connectivity index (χ3n) is 2.26. The number of nitrogens with zero attached hydrogens (tertiary/aromatic N) is 1. The van der Waals surface area contributed by atoms with Crippen LogP contribution in [0.3, 0.4) is 0 Å². The van der Waals surface area contributed by atoms with Gasteiger partial charge in [-0.3, -0.25) is 0 Å². The number of hydrogen-bond donors (Lipinski definition) is 1. The van der Waals surface area contributed by atoms with Gasteiger partial charge < -0.3 is 10.6 Å². The molecule has 0 fully saturated rings. The maximum atomic E-state index is 13.6. The minimum atomic E-state index is -0.261. The molecule has 0 amide bonds. The highest BCUT2D eigenvalue weighted by molar-refractivity contribution is 7.99. The van der Waals surface area contributed by atoms with Crippen LogP contribution in [0.1, 0.15) is 18.5 Å². The Morgan fingerprint density at radius 1 is 1.44 bits per heavy atom. The summed E-state index contributed by atoms with van der Waals surface area (Å²) in [6.45, 7) is 2.79. The topological polar surface area (TPSA) is 29.3 Å². The van der Waals surface area contributed by atoms with Gasteiger partial charge in [-0.25, -0.2) is 4.39 Å². The number of halogens is 1. The molecule has 0 aliphatic carbocycles. The molecule has 0 saturated heterocycles. The third-order valence-corrected chi connectivity index (χ3v) is 3.32. The highest BCUT2D eigenvalue weighted by Gasteiger charge is 2.12. The Morgan fingerprint density at radius 3 is 2.69 bits per heavy atom. The van der Waals surface area contributed by atoms with E-state index in [2.05, 4.69) is 4.90 Å². The van der Waals surface area contributed by atoms with Crippen molar-refractivity contribution in [3.63, 3.8) is 0 Å². The summed E-state index contributed by atoms with van der Waals surface area (Å²) in [4.78, 5) is 3.06. The molecule has 0 bridgehead atoms. The van der Waals surface area contributed by atoms with Crippen molar-refractivity contribution in [1.29, 1.82) is 0 Å². The summed E-state index contributed by atoms with van der Waals surface area (Å²) in [5.41, 5.74) is 6.41. The molecular formula is C12H19FN2S. The van der Waals surface area contributed by atoms with Crippen LogP contribution in [0.5, 0.6) is 0 Å². The van der Waals surface area contributed by atoms with E-state index in [1.165, 1.54) is 6.07 Å². The van der Waals surface area contributed by atoms with Crippen LogP contribution >= 0.6 is 11.8 Å². The van der Waals surface area contributed by atoms with Crippen LogP contribution in [-0.2, 0) is 0 Å². The van der Waals surface area contributed by atoms with Gasteiger partial charge in [0, 0.05) is 28.8 Å². The lowest BCUT2D eigenvalue weighted by atomic mass is 10.1. The van der Waals surface area contributed by atoms with Crippen LogP contribution < -0.4 is 5.73 Å². The molecule has 0 saturated carbocycles. The van der Waals surface area contributed by atoms with E-state index in [1.54, 1.807) is 17.8 Å². The fraction of sp³-hybridized carbons (Fsp3) is 0.500. The standard InChI is InChI=1S/C12H19FN2S/c1-9(14)12-10(13)5-4-6-11(12)16-8-7-15(2)3/h4-6,9H,7-8,14H2,1-3H3. The van der Waals surface area contributed by atoms with E-state index in [1.807, 2.05) is 27.1 Å². The largest absolute Gasteiger partial charge is 0.324 e. The Hall–Kier alpha value is -0.580. The summed E-state index contributed by atoms with van der Waals surface area (Å²) in [5.74, 6) is 0.737. The Bertz CT molecular complexity index is 340. The minimum Gasteiger partial charge on any atom is -0.324 e. The Morgan fingerprint density at radius 2 is 2.12 bits per heavy atom. The molecule has 0 aromatic heterocycles. The minimum absolute atomic E-state index is 0.204. The van der Waals surface area contributed by atoms with Crippen LogP contribution in [0.4, 0.5) is 4.39 Å². The molecular weight excluding hydrogens is 223 g/mol. The SMILES string of the molecule is CC(N)c1c(F)cccc1SCCN(C)C. The van der Waals surface area contributed by atoms with Crippen LogP contribution in [0.2, 0.25) is 0 Å². The number of nitrogens with two attached hydrogens (primary N) is 1. The molecule has 1 atom stereocenters. The van der Waals surface area contributed by atoms with Crippen LogP contribution in [0.15, 0.2) is 23.1 Å². The van der Waals surface area contributed by atoms with Crippen LogP contribution in [0.25, 0.3) is 0 Å². The molecule has 4 heteroatoms. The monoisotopic (exact) mass is 242 g/mol. The second kappa shape index (κ2) is 6.23. The summed E-state index contributed by atoms with van der Waals surface area (Å²) in [5, 5.41) is 0. The van der Waals surface area contributed by atoms with E-state index in [-0.39, 0.29) is 11.9 Å². The normalized spacial score (nSPS) is 13.1. The molecule has 2 N–H and O–H groups in total. The summed E-state index contributed by atoms with van der Waals surface area (Å²) in [6, 6.07) is 4.87. The highest BCUT2D eigenvalue weighted by atomic mass is 32.2. The molecule has 1 rings (SSSR count). The molecule has 0 radical (unpaired) electrons. The van der Waals surface area contributed by atoms with E-state index in [0.717, 1.165) is 17.2 Å². The van der Waals surface area contributed by atoms with Crippen molar-refractivity contribution in [3.8, 4) is 0 Å².